The van der Waals surface area contributed by atoms with Crippen molar-refractivity contribution in [3.63, 3.8) is 0 Å². The van der Waals surface area contributed by atoms with Crippen LogP contribution >= 0.6 is 11.6 Å². The molecule has 0 radical (unpaired) electrons. The van der Waals surface area contributed by atoms with Gasteiger partial charge in [0.1, 0.15) is 0 Å². The summed E-state index contributed by atoms with van der Waals surface area (Å²) < 4.78 is 0. The molecule has 0 amide bonds. The molecule has 0 atom stereocenters. The van der Waals surface area contributed by atoms with Crippen molar-refractivity contribution >= 4 is 22.5 Å². The molecule has 3 aromatic rings. The third-order valence-corrected chi connectivity index (χ3v) is 5.32. The molecule has 6 heteroatoms. The number of aromatic hydroxyl groups is 1. The number of aromatic amines is 1. The Morgan fingerprint density at radius 1 is 1.00 bits per heavy atom. The summed E-state index contributed by atoms with van der Waals surface area (Å²) in [5, 5.41) is 11.1. The highest BCUT2D eigenvalue weighted by molar-refractivity contribution is 6.31. The average molecular weight is 413 g/mol. The number of fused-ring (bicyclic) bond motifs is 1. The van der Waals surface area contributed by atoms with Gasteiger partial charge in [0.25, 0.3) is 5.56 Å². The Labute approximate surface area is 174 Å². The van der Waals surface area contributed by atoms with E-state index in [0.29, 0.717) is 22.7 Å². The van der Waals surface area contributed by atoms with Crippen molar-refractivity contribution in [2.75, 3.05) is 0 Å². The van der Waals surface area contributed by atoms with Crippen LogP contribution in [0, 0.1) is 0 Å². The van der Waals surface area contributed by atoms with Crippen LogP contribution < -0.4 is 11.0 Å². The second-order valence-electron chi connectivity index (χ2n) is 7.75. The minimum atomic E-state index is -0.732. The molecule has 2 N–H and O–H groups in total. The molecule has 0 saturated heterocycles. The van der Waals surface area contributed by atoms with Crippen LogP contribution in [0.1, 0.15) is 33.3 Å². The average Bonchev–Trinajstić information content (AvgIpc) is 2.74. The van der Waals surface area contributed by atoms with Crippen LogP contribution in [0.2, 0.25) is 5.02 Å². The quantitative estimate of drug-likeness (QED) is 0.645. The second kappa shape index (κ2) is 8.39. The Bertz CT molecular complexity index is 1140. The summed E-state index contributed by atoms with van der Waals surface area (Å²) in [6.07, 6.45) is 0. The molecule has 0 bridgehead atoms. The number of nitrogens with one attached hydrogen (secondary N) is 1. The molecule has 0 aliphatic rings. The number of aromatic nitrogens is 1. The van der Waals surface area contributed by atoms with Crippen molar-refractivity contribution in [1.29, 1.82) is 0 Å². The predicted octanol–water partition coefficient (Wildman–Crippen LogP) is 4.53. The molecule has 3 rings (SSSR count). The number of nitrogens with zero attached hydrogens (tertiary/aromatic N) is 1. The van der Waals surface area contributed by atoms with E-state index in [9.17, 15) is 14.7 Å². The number of H-pyrrole nitrogens is 1. The number of benzene rings is 2. The zero-order chi connectivity index (χ0) is 21.3. The van der Waals surface area contributed by atoms with Gasteiger partial charge in [0.05, 0.1) is 11.1 Å². The van der Waals surface area contributed by atoms with Crippen molar-refractivity contribution < 1.29 is 5.11 Å². The van der Waals surface area contributed by atoms with E-state index in [1.54, 1.807) is 24.3 Å². The summed E-state index contributed by atoms with van der Waals surface area (Å²) in [7, 11) is 0. The van der Waals surface area contributed by atoms with Crippen molar-refractivity contribution in [3.05, 3.63) is 73.6 Å². The third kappa shape index (κ3) is 4.36. The lowest BCUT2D eigenvalue weighted by Gasteiger charge is -2.30. The van der Waals surface area contributed by atoms with Gasteiger partial charge in [-0.25, -0.2) is 0 Å². The minimum Gasteiger partial charge on any atom is -0.502 e. The molecule has 0 aliphatic heterocycles. The first-order chi connectivity index (χ1) is 13.7. The van der Waals surface area contributed by atoms with Gasteiger partial charge in [-0.15, -0.1) is 0 Å². The maximum Gasteiger partial charge on any atom is 0.291 e. The Morgan fingerprint density at radius 2 is 1.62 bits per heavy atom. The molecular formula is C23H25ClN2O3. The molecule has 0 fully saturated rings. The fourth-order valence-electron chi connectivity index (χ4n) is 3.57. The Kier molecular flexibility index (Phi) is 6.10. The van der Waals surface area contributed by atoms with Gasteiger partial charge in [-0.05, 0) is 57.0 Å². The maximum absolute atomic E-state index is 13.1. The molecule has 0 spiro atoms. The molecule has 152 valence electrons. The number of rotatable bonds is 5. The zero-order valence-electron chi connectivity index (χ0n) is 17.0. The van der Waals surface area contributed by atoms with Crippen LogP contribution in [0.15, 0.2) is 52.1 Å². The fourth-order valence-corrected chi connectivity index (χ4v) is 3.74. The molecule has 29 heavy (non-hydrogen) atoms. The highest BCUT2D eigenvalue weighted by atomic mass is 35.5. The van der Waals surface area contributed by atoms with Gasteiger partial charge in [0.15, 0.2) is 11.2 Å². The van der Waals surface area contributed by atoms with E-state index in [0.717, 1.165) is 12.1 Å². The lowest BCUT2D eigenvalue weighted by Crippen LogP contribution is -2.36. The number of hydrogen-bond donors (Lipinski definition) is 2. The van der Waals surface area contributed by atoms with Gasteiger partial charge in [-0.1, -0.05) is 35.9 Å². The van der Waals surface area contributed by atoms with E-state index in [4.69, 9.17) is 11.6 Å². The van der Waals surface area contributed by atoms with E-state index in [1.807, 2.05) is 12.1 Å². The van der Waals surface area contributed by atoms with Crippen LogP contribution in [-0.2, 0) is 6.54 Å². The fraction of sp³-hybridized carbons (Fsp3) is 0.304. The van der Waals surface area contributed by atoms with Crippen LogP contribution in [0.5, 0.6) is 5.75 Å². The monoisotopic (exact) mass is 412 g/mol. The molecule has 0 unspecified atom stereocenters. The van der Waals surface area contributed by atoms with Gasteiger partial charge in [0.2, 0.25) is 0 Å². The summed E-state index contributed by atoms with van der Waals surface area (Å²) >= 11 is 5.98. The van der Waals surface area contributed by atoms with E-state index in [1.165, 1.54) is 6.07 Å². The van der Waals surface area contributed by atoms with Gasteiger partial charge >= 0.3 is 0 Å². The summed E-state index contributed by atoms with van der Waals surface area (Å²) in [5.41, 5.74) is 0.703. The normalized spacial score (nSPS) is 11.7. The zero-order valence-corrected chi connectivity index (χ0v) is 17.7. The van der Waals surface area contributed by atoms with Gasteiger partial charge in [-0.3, -0.25) is 14.5 Å². The predicted molar refractivity (Wildman–Crippen MR) is 119 cm³/mol. The topological polar surface area (TPSA) is 73.4 Å². The first kappa shape index (κ1) is 21.1. The molecule has 2 aromatic carbocycles. The minimum absolute atomic E-state index is 0.0142. The van der Waals surface area contributed by atoms with Crippen molar-refractivity contribution in [2.45, 2.75) is 46.3 Å². The second-order valence-corrected chi connectivity index (χ2v) is 8.19. The van der Waals surface area contributed by atoms with E-state index < -0.39 is 16.7 Å². The highest BCUT2D eigenvalue weighted by Gasteiger charge is 2.16. The van der Waals surface area contributed by atoms with Crippen molar-refractivity contribution in [3.8, 4) is 16.9 Å². The van der Waals surface area contributed by atoms with Gasteiger partial charge in [-0.2, -0.15) is 0 Å². The Hall–Kier alpha value is -2.63. The lowest BCUT2D eigenvalue weighted by molar-refractivity contribution is 0.166. The molecular weight excluding hydrogens is 388 g/mol. The summed E-state index contributed by atoms with van der Waals surface area (Å²) in [6, 6.07) is 12.8. The first-order valence-corrected chi connectivity index (χ1v) is 10.0. The Balaban J connectivity index is 2.11. The van der Waals surface area contributed by atoms with Crippen molar-refractivity contribution in [2.24, 2.45) is 0 Å². The van der Waals surface area contributed by atoms with Crippen molar-refractivity contribution in [1.82, 2.24) is 9.88 Å². The number of halogens is 1. The van der Waals surface area contributed by atoms with E-state index in [-0.39, 0.29) is 16.5 Å². The summed E-state index contributed by atoms with van der Waals surface area (Å²) in [5.74, 6) is -0.596. The van der Waals surface area contributed by atoms with Crippen LogP contribution in [-0.4, -0.2) is 27.1 Å². The largest absolute Gasteiger partial charge is 0.502 e. The third-order valence-electron chi connectivity index (χ3n) is 5.09. The number of hydrogen-bond acceptors (Lipinski definition) is 4. The molecule has 0 saturated carbocycles. The van der Waals surface area contributed by atoms with Gasteiger partial charge in [0, 0.05) is 29.0 Å². The summed E-state index contributed by atoms with van der Waals surface area (Å²) in [6.45, 7) is 9.40. The maximum atomic E-state index is 13.1. The van der Waals surface area contributed by atoms with Crippen LogP contribution in [0.25, 0.3) is 22.0 Å². The van der Waals surface area contributed by atoms with E-state index in [2.05, 4.69) is 37.6 Å². The first-order valence-electron chi connectivity index (χ1n) is 9.63. The standard InChI is InChI=1S/C23H25ClN2O3/c1-13(2)26(14(3)4)12-15-5-7-16(8-6-15)20-21(27)18-10-9-17(24)11-19(18)25-23(29)22(20)28/h5-11,13-14,28H,12H2,1-4H3,(H,25,29). The molecule has 1 aromatic heterocycles. The smallest absolute Gasteiger partial charge is 0.291 e. The van der Waals surface area contributed by atoms with E-state index >= 15 is 0 Å². The SMILES string of the molecule is CC(C)N(Cc1ccc(-c2c(O)c(=O)[nH]c3cc(Cl)ccc3c2=O)cc1)C(C)C. The summed E-state index contributed by atoms with van der Waals surface area (Å²) in [4.78, 5) is 30.3. The van der Waals surface area contributed by atoms with Crippen LogP contribution in [0.4, 0.5) is 0 Å². The molecule has 0 aliphatic carbocycles. The molecule has 5 nitrogen and oxygen atoms in total. The van der Waals surface area contributed by atoms with Crippen LogP contribution in [0.3, 0.4) is 0 Å². The van der Waals surface area contributed by atoms with Gasteiger partial charge < -0.3 is 10.1 Å². The highest BCUT2D eigenvalue weighted by Crippen LogP contribution is 2.25. The Morgan fingerprint density at radius 3 is 2.21 bits per heavy atom. The molecule has 1 heterocycles. The lowest BCUT2D eigenvalue weighted by atomic mass is 10.0.